The van der Waals surface area contributed by atoms with Gasteiger partial charge in [-0.2, -0.15) is 0 Å². The first kappa shape index (κ1) is 23.5. The molecule has 3 saturated heterocycles. The Bertz CT molecular complexity index is 1400. The Labute approximate surface area is 207 Å². The number of pyridine rings is 1. The average Bonchev–Trinajstić information content (AvgIpc) is 3.28. The lowest BCUT2D eigenvalue weighted by molar-refractivity contribution is -0.123. The van der Waals surface area contributed by atoms with Crippen molar-refractivity contribution in [3.8, 4) is 0 Å². The van der Waals surface area contributed by atoms with Crippen molar-refractivity contribution in [2.45, 2.75) is 51.6 Å². The van der Waals surface area contributed by atoms with Gasteiger partial charge in [0.25, 0.3) is 11.5 Å². The molecular weight excluding hydrogens is 492 g/mol. The molecule has 0 aromatic carbocycles. The predicted molar refractivity (Wildman–Crippen MR) is 139 cm³/mol. The molecular formula is C23H26N4O4S3. The van der Waals surface area contributed by atoms with Gasteiger partial charge in [-0.05, 0) is 57.2 Å². The van der Waals surface area contributed by atoms with Gasteiger partial charge in [-0.25, -0.2) is 13.4 Å². The number of aromatic nitrogens is 2. The Hall–Kier alpha value is -2.24. The van der Waals surface area contributed by atoms with E-state index in [4.69, 9.17) is 17.2 Å². The van der Waals surface area contributed by atoms with Crippen LogP contribution in [-0.2, 0) is 14.6 Å². The molecule has 0 radical (unpaired) electrons. The summed E-state index contributed by atoms with van der Waals surface area (Å²) in [6, 6.07) is 3.49. The molecule has 0 N–H and O–H groups in total. The lowest BCUT2D eigenvalue weighted by Gasteiger charge is -2.35. The molecule has 8 nitrogen and oxygen atoms in total. The van der Waals surface area contributed by atoms with Gasteiger partial charge in [-0.15, -0.1) is 0 Å². The van der Waals surface area contributed by atoms with Gasteiger partial charge in [0.05, 0.1) is 28.0 Å². The molecule has 2 aromatic rings. The molecule has 3 aliphatic rings. The zero-order valence-electron chi connectivity index (χ0n) is 19.1. The summed E-state index contributed by atoms with van der Waals surface area (Å²) in [5.41, 5.74) is 1.61. The number of thioether (sulfide) groups is 1. The standard InChI is InChI=1S/C23H26N4O4S3/c1-14-6-5-10-26-19(14)24-20(25-9-4-3-7-15(25)2)17(21(26)28)12-18-22(29)27(23(32)33-18)16-8-11-34(30,31)13-16/h5-6,10,12,15-16H,3-4,7-9,11,13H2,1-2H3/b18-12+. The van der Waals surface area contributed by atoms with Crippen molar-refractivity contribution < 1.29 is 13.2 Å². The SMILES string of the molecule is Cc1cccn2c(=O)c(/C=C3/SC(=S)N(C4CCS(=O)(=O)C4)C3=O)c(N3CCCCC3C)nc12. The molecule has 2 unspecified atom stereocenters. The smallest absolute Gasteiger partial charge is 0.267 e. The van der Waals surface area contributed by atoms with Crippen LogP contribution in [0.3, 0.4) is 0 Å². The van der Waals surface area contributed by atoms with Gasteiger partial charge in [0, 0.05) is 18.8 Å². The second kappa shape index (κ2) is 8.76. The van der Waals surface area contributed by atoms with Crippen molar-refractivity contribution in [3.05, 3.63) is 44.7 Å². The van der Waals surface area contributed by atoms with E-state index in [1.807, 2.05) is 13.0 Å². The highest BCUT2D eigenvalue weighted by atomic mass is 32.2. The highest BCUT2D eigenvalue weighted by molar-refractivity contribution is 8.26. The zero-order valence-corrected chi connectivity index (χ0v) is 21.5. The molecule has 0 bridgehead atoms. The lowest BCUT2D eigenvalue weighted by Crippen LogP contribution is -2.40. The molecule has 0 saturated carbocycles. The molecule has 3 fully saturated rings. The quantitative estimate of drug-likeness (QED) is 0.453. The number of fused-ring (bicyclic) bond motifs is 1. The highest BCUT2D eigenvalue weighted by Crippen LogP contribution is 2.37. The molecule has 5 heterocycles. The molecule has 34 heavy (non-hydrogen) atoms. The molecule has 0 aliphatic carbocycles. The van der Waals surface area contributed by atoms with Crippen LogP contribution in [0, 0.1) is 6.92 Å². The van der Waals surface area contributed by atoms with Crippen LogP contribution in [0.5, 0.6) is 0 Å². The van der Waals surface area contributed by atoms with E-state index in [0.29, 0.717) is 32.7 Å². The largest absolute Gasteiger partial charge is 0.353 e. The summed E-state index contributed by atoms with van der Waals surface area (Å²) < 4.78 is 25.8. The summed E-state index contributed by atoms with van der Waals surface area (Å²) in [5.74, 6) is 0.215. The molecule has 180 valence electrons. The van der Waals surface area contributed by atoms with Crippen LogP contribution in [-0.4, -0.2) is 63.1 Å². The van der Waals surface area contributed by atoms with Gasteiger partial charge in [-0.1, -0.05) is 30.0 Å². The van der Waals surface area contributed by atoms with Gasteiger partial charge in [0.15, 0.2) is 9.84 Å². The molecule has 2 atom stereocenters. The fraction of sp³-hybridized carbons (Fsp3) is 0.478. The van der Waals surface area contributed by atoms with Crippen LogP contribution in [0.15, 0.2) is 28.0 Å². The van der Waals surface area contributed by atoms with E-state index in [9.17, 15) is 18.0 Å². The number of anilines is 1. The van der Waals surface area contributed by atoms with Crippen molar-refractivity contribution in [2.75, 3.05) is 23.0 Å². The first-order valence-electron chi connectivity index (χ1n) is 11.4. The Morgan fingerprint density at radius 3 is 2.74 bits per heavy atom. The first-order chi connectivity index (χ1) is 16.2. The number of nitrogens with zero attached hydrogens (tertiary/aromatic N) is 4. The minimum Gasteiger partial charge on any atom is -0.353 e. The van der Waals surface area contributed by atoms with Crippen molar-refractivity contribution in [1.82, 2.24) is 14.3 Å². The van der Waals surface area contributed by atoms with Crippen molar-refractivity contribution >= 4 is 61.6 Å². The van der Waals surface area contributed by atoms with Gasteiger partial charge in [0.2, 0.25) is 0 Å². The third-order valence-electron chi connectivity index (χ3n) is 6.81. The Balaban J connectivity index is 1.62. The minimum atomic E-state index is -3.17. The summed E-state index contributed by atoms with van der Waals surface area (Å²) in [7, 11) is -3.17. The Morgan fingerprint density at radius 2 is 2.03 bits per heavy atom. The van der Waals surface area contributed by atoms with Crippen molar-refractivity contribution in [2.24, 2.45) is 0 Å². The maximum Gasteiger partial charge on any atom is 0.267 e. The second-order valence-electron chi connectivity index (χ2n) is 9.19. The van der Waals surface area contributed by atoms with Crippen LogP contribution in [0.1, 0.15) is 43.7 Å². The third-order valence-corrected chi connectivity index (χ3v) is 9.89. The number of amides is 1. The molecule has 11 heteroatoms. The third kappa shape index (κ3) is 4.07. The maximum absolute atomic E-state index is 13.7. The summed E-state index contributed by atoms with van der Waals surface area (Å²) in [6.07, 6.45) is 6.81. The van der Waals surface area contributed by atoms with Crippen LogP contribution < -0.4 is 10.5 Å². The summed E-state index contributed by atoms with van der Waals surface area (Å²) in [4.78, 5) is 35.8. The molecule has 5 rings (SSSR count). The average molecular weight is 519 g/mol. The first-order valence-corrected chi connectivity index (χ1v) is 14.5. The van der Waals surface area contributed by atoms with E-state index in [1.165, 1.54) is 9.30 Å². The van der Waals surface area contributed by atoms with Gasteiger partial charge in [0.1, 0.15) is 15.8 Å². The topological polar surface area (TPSA) is 92.1 Å². The molecule has 1 amide bonds. The second-order valence-corrected chi connectivity index (χ2v) is 13.1. The molecule has 3 aliphatic heterocycles. The molecule has 2 aromatic heterocycles. The van der Waals surface area contributed by atoms with Gasteiger partial charge < -0.3 is 4.90 Å². The van der Waals surface area contributed by atoms with Crippen LogP contribution in [0.4, 0.5) is 5.82 Å². The molecule has 0 spiro atoms. The number of aryl methyl sites for hydroxylation is 1. The number of hydrogen-bond acceptors (Lipinski definition) is 8. The van der Waals surface area contributed by atoms with Crippen molar-refractivity contribution in [3.63, 3.8) is 0 Å². The maximum atomic E-state index is 13.7. The van der Waals surface area contributed by atoms with E-state index in [-0.39, 0.29) is 29.0 Å². The fourth-order valence-corrected chi connectivity index (χ4v) is 8.05. The van der Waals surface area contributed by atoms with Crippen LogP contribution >= 0.6 is 24.0 Å². The lowest BCUT2D eigenvalue weighted by atomic mass is 10.0. The summed E-state index contributed by atoms with van der Waals surface area (Å²) in [5, 5.41) is 0. The summed E-state index contributed by atoms with van der Waals surface area (Å²) in [6.45, 7) is 4.84. The Morgan fingerprint density at radius 1 is 1.24 bits per heavy atom. The van der Waals surface area contributed by atoms with E-state index < -0.39 is 15.9 Å². The van der Waals surface area contributed by atoms with Gasteiger partial charge in [-0.3, -0.25) is 18.9 Å². The van der Waals surface area contributed by atoms with Crippen LogP contribution in [0.2, 0.25) is 0 Å². The minimum absolute atomic E-state index is 0.0556. The highest BCUT2D eigenvalue weighted by Gasteiger charge is 2.42. The van der Waals surface area contributed by atoms with Crippen molar-refractivity contribution in [1.29, 1.82) is 0 Å². The Kier molecular flexibility index (Phi) is 6.06. The summed E-state index contributed by atoms with van der Waals surface area (Å²) >= 11 is 6.57. The number of thiocarbonyl (C=S) groups is 1. The van der Waals surface area contributed by atoms with E-state index in [0.717, 1.165) is 43.1 Å². The number of carbonyl (C=O) groups excluding carboxylic acids is 1. The zero-order chi connectivity index (χ0) is 24.2. The monoisotopic (exact) mass is 518 g/mol. The van der Waals surface area contributed by atoms with Gasteiger partial charge >= 0.3 is 0 Å². The number of carbonyl (C=O) groups is 1. The van der Waals surface area contributed by atoms with E-state index in [2.05, 4.69) is 11.8 Å². The number of hydrogen-bond donors (Lipinski definition) is 0. The van der Waals surface area contributed by atoms with E-state index >= 15 is 0 Å². The number of rotatable bonds is 3. The normalized spacial score (nSPS) is 26.2. The predicted octanol–water partition coefficient (Wildman–Crippen LogP) is 2.77. The number of piperidine rings is 1. The van der Waals surface area contributed by atoms with E-state index in [1.54, 1.807) is 18.3 Å². The number of sulfone groups is 1. The fourth-order valence-electron chi connectivity index (χ4n) is 4.96. The van der Waals surface area contributed by atoms with Crippen LogP contribution in [0.25, 0.3) is 11.7 Å².